The van der Waals surface area contributed by atoms with Crippen LogP contribution in [0, 0.1) is 6.92 Å². The molecule has 2 heterocycles. The number of thioether (sulfide) groups is 1. The lowest BCUT2D eigenvalue weighted by Gasteiger charge is -2.16. The topological polar surface area (TPSA) is 93.8 Å². The Bertz CT molecular complexity index is 704. The molecule has 0 radical (unpaired) electrons. The molecule has 0 saturated carbocycles. The van der Waals surface area contributed by atoms with Gasteiger partial charge in [0.15, 0.2) is 5.16 Å². The number of hydrogen-bond acceptors (Lipinski definition) is 4. The van der Waals surface area contributed by atoms with Crippen LogP contribution in [0.1, 0.15) is 32.0 Å². The molecule has 1 unspecified atom stereocenters. The SMILES string of the molecule is CCC(C)n1c(SCC(N)=O)nc2cc(C)[nH]c2c1=O. The number of primary amides is 1. The third-order valence-electron chi connectivity index (χ3n) is 3.16. The van der Waals surface area contributed by atoms with Crippen molar-refractivity contribution in [2.24, 2.45) is 5.73 Å². The van der Waals surface area contributed by atoms with Crippen molar-refractivity contribution in [2.75, 3.05) is 5.75 Å². The van der Waals surface area contributed by atoms with Gasteiger partial charge in [0.2, 0.25) is 5.91 Å². The van der Waals surface area contributed by atoms with Gasteiger partial charge in [-0.3, -0.25) is 14.2 Å². The van der Waals surface area contributed by atoms with Crippen molar-refractivity contribution >= 4 is 28.7 Å². The maximum Gasteiger partial charge on any atom is 0.278 e. The predicted octanol–water partition coefficient (Wildman–Crippen LogP) is 1.58. The van der Waals surface area contributed by atoms with Crippen LogP contribution in [0.15, 0.2) is 16.0 Å². The van der Waals surface area contributed by atoms with Crippen LogP contribution >= 0.6 is 11.8 Å². The molecule has 0 aliphatic rings. The van der Waals surface area contributed by atoms with Crippen molar-refractivity contribution in [3.05, 3.63) is 22.1 Å². The average molecular weight is 294 g/mol. The molecule has 108 valence electrons. The Hall–Kier alpha value is -1.76. The van der Waals surface area contributed by atoms with E-state index in [1.807, 2.05) is 26.8 Å². The van der Waals surface area contributed by atoms with E-state index in [1.54, 1.807) is 4.57 Å². The van der Waals surface area contributed by atoms with E-state index in [-0.39, 0.29) is 17.4 Å². The lowest BCUT2D eigenvalue weighted by molar-refractivity contribution is -0.115. The number of nitrogens with zero attached hydrogens (tertiary/aromatic N) is 2. The van der Waals surface area contributed by atoms with Gasteiger partial charge in [0, 0.05) is 11.7 Å². The molecule has 0 saturated heterocycles. The molecule has 0 fully saturated rings. The van der Waals surface area contributed by atoms with Gasteiger partial charge in [-0.05, 0) is 26.3 Å². The molecule has 2 aromatic rings. The number of H-pyrrole nitrogens is 1. The summed E-state index contributed by atoms with van der Waals surface area (Å²) in [5.74, 6) is -0.317. The van der Waals surface area contributed by atoms with E-state index in [9.17, 15) is 9.59 Å². The maximum atomic E-state index is 12.6. The highest BCUT2D eigenvalue weighted by Gasteiger charge is 2.17. The molecular weight excluding hydrogens is 276 g/mol. The van der Waals surface area contributed by atoms with Crippen molar-refractivity contribution in [1.29, 1.82) is 0 Å². The van der Waals surface area contributed by atoms with E-state index in [4.69, 9.17) is 5.73 Å². The number of fused-ring (bicyclic) bond motifs is 1. The van der Waals surface area contributed by atoms with Gasteiger partial charge in [0.1, 0.15) is 5.52 Å². The van der Waals surface area contributed by atoms with E-state index < -0.39 is 5.91 Å². The van der Waals surface area contributed by atoms with Gasteiger partial charge in [-0.15, -0.1) is 0 Å². The van der Waals surface area contributed by atoms with Gasteiger partial charge in [-0.2, -0.15) is 0 Å². The minimum atomic E-state index is -0.426. The standard InChI is InChI=1S/C13H18N4O2S/c1-4-8(3)17-12(19)11-9(5-7(2)15-11)16-13(17)20-6-10(14)18/h5,8,15H,4,6H2,1-3H3,(H2,14,18). The Labute approximate surface area is 120 Å². The van der Waals surface area contributed by atoms with Crippen molar-refractivity contribution in [2.45, 2.75) is 38.4 Å². The summed E-state index contributed by atoms with van der Waals surface area (Å²) < 4.78 is 1.63. The van der Waals surface area contributed by atoms with Crippen LogP contribution < -0.4 is 11.3 Å². The molecule has 6 nitrogen and oxygen atoms in total. The molecule has 20 heavy (non-hydrogen) atoms. The van der Waals surface area contributed by atoms with E-state index >= 15 is 0 Å². The predicted molar refractivity (Wildman–Crippen MR) is 80.0 cm³/mol. The molecule has 0 spiro atoms. The highest BCUT2D eigenvalue weighted by Crippen LogP contribution is 2.22. The Morgan fingerprint density at radius 3 is 2.90 bits per heavy atom. The first-order valence-electron chi connectivity index (χ1n) is 6.47. The number of amides is 1. The van der Waals surface area contributed by atoms with Crippen LogP contribution in [-0.4, -0.2) is 26.2 Å². The largest absolute Gasteiger partial charge is 0.369 e. The molecular formula is C13H18N4O2S. The number of hydrogen-bond donors (Lipinski definition) is 2. The highest BCUT2D eigenvalue weighted by molar-refractivity contribution is 7.99. The Morgan fingerprint density at radius 2 is 2.30 bits per heavy atom. The van der Waals surface area contributed by atoms with Crippen molar-refractivity contribution in [3.63, 3.8) is 0 Å². The lowest BCUT2D eigenvalue weighted by atomic mass is 10.2. The minimum absolute atomic E-state index is 0.0124. The second kappa shape index (κ2) is 5.70. The van der Waals surface area contributed by atoms with E-state index in [0.29, 0.717) is 16.2 Å². The van der Waals surface area contributed by atoms with E-state index in [2.05, 4.69) is 9.97 Å². The molecule has 1 atom stereocenters. The van der Waals surface area contributed by atoms with Gasteiger partial charge >= 0.3 is 0 Å². The number of aryl methyl sites for hydroxylation is 1. The van der Waals surface area contributed by atoms with Crippen LogP contribution in [0.2, 0.25) is 0 Å². The van der Waals surface area contributed by atoms with Gasteiger partial charge < -0.3 is 10.7 Å². The molecule has 0 bridgehead atoms. The number of nitrogens with one attached hydrogen (secondary N) is 1. The third kappa shape index (κ3) is 2.72. The van der Waals surface area contributed by atoms with Gasteiger partial charge in [-0.25, -0.2) is 4.98 Å². The molecule has 7 heteroatoms. The normalized spacial score (nSPS) is 12.8. The molecule has 0 aliphatic carbocycles. The average Bonchev–Trinajstić information content (AvgIpc) is 2.76. The summed E-state index contributed by atoms with van der Waals surface area (Å²) in [5.41, 5.74) is 7.08. The summed E-state index contributed by atoms with van der Waals surface area (Å²) in [7, 11) is 0. The summed E-state index contributed by atoms with van der Waals surface area (Å²) in [4.78, 5) is 31.1. The summed E-state index contributed by atoms with van der Waals surface area (Å²) in [6.45, 7) is 5.84. The van der Waals surface area contributed by atoms with Crippen molar-refractivity contribution in [1.82, 2.24) is 14.5 Å². The number of carbonyl (C=O) groups excluding carboxylic acids is 1. The first-order valence-corrected chi connectivity index (χ1v) is 7.45. The molecule has 0 aliphatic heterocycles. The molecule has 1 amide bonds. The molecule has 3 N–H and O–H groups in total. The fraction of sp³-hybridized carbons (Fsp3) is 0.462. The number of aromatic amines is 1. The summed E-state index contributed by atoms with van der Waals surface area (Å²) in [5, 5.41) is 0.537. The molecule has 2 rings (SSSR count). The summed E-state index contributed by atoms with van der Waals surface area (Å²) >= 11 is 1.20. The first-order chi connectivity index (χ1) is 9.43. The van der Waals surface area contributed by atoms with E-state index in [1.165, 1.54) is 11.8 Å². The Kier molecular flexibility index (Phi) is 4.17. The number of aromatic nitrogens is 3. The Morgan fingerprint density at radius 1 is 1.60 bits per heavy atom. The van der Waals surface area contributed by atoms with Crippen molar-refractivity contribution in [3.8, 4) is 0 Å². The Balaban J connectivity index is 2.62. The maximum absolute atomic E-state index is 12.6. The number of nitrogens with two attached hydrogens (primary N) is 1. The second-order valence-electron chi connectivity index (χ2n) is 4.79. The fourth-order valence-corrected chi connectivity index (χ4v) is 2.83. The van der Waals surface area contributed by atoms with Crippen LogP contribution in [-0.2, 0) is 4.79 Å². The third-order valence-corrected chi connectivity index (χ3v) is 4.14. The minimum Gasteiger partial charge on any atom is -0.369 e. The zero-order valence-electron chi connectivity index (χ0n) is 11.8. The lowest BCUT2D eigenvalue weighted by Crippen LogP contribution is -2.26. The smallest absolute Gasteiger partial charge is 0.278 e. The molecule has 0 aromatic carbocycles. The van der Waals surface area contributed by atoms with Gasteiger partial charge in [0.25, 0.3) is 5.56 Å². The van der Waals surface area contributed by atoms with Crippen LogP contribution in [0.5, 0.6) is 0 Å². The summed E-state index contributed by atoms with van der Waals surface area (Å²) in [6.07, 6.45) is 0.802. The van der Waals surface area contributed by atoms with Gasteiger partial charge in [-0.1, -0.05) is 18.7 Å². The van der Waals surface area contributed by atoms with Gasteiger partial charge in [0.05, 0.1) is 11.3 Å². The van der Waals surface area contributed by atoms with E-state index in [0.717, 1.165) is 12.1 Å². The van der Waals surface area contributed by atoms with Crippen molar-refractivity contribution < 1.29 is 4.79 Å². The number of rotatable bonds is 5. The monoisotopic (exact) mass is 294 g/mol. The van der Waals surface area contributed by atoms with Crippen LogP contribution in [0.25, 0.3) is 11.0 Å². The quantitative estimate of drug-likeness (QED) is 0.646. The highest BCUT2D eigenvalue weighted by atomic mass is 32.2. The zero-order valence-corrected chi connectivity index (χ0v) is 12.6. The first kappa shape index (κ1) is 14.6. The number of carbonyl (C=O) groups is 1. The second-order valence-corrected chi connectivity index (χ2v) is 5.74. The molecule has 2 aromatic heterocycles. The zero-order chi connectivity index (χ0) is 14.9. The van der Waals surface area contributed by atoms with Crippen LogP contribution in [0.3, 0.4) is 0 Å². The fourth-order valence-electron chi connectivity index (χ4n) is 2.00. The summed E-state index contributed by atoms with van der Waals surface area (Å²) in [6, 6.07) is 1.84. The van der Waals surface area contributed by atoms with Crippen LogP contribution in [0.4, 0.5) is 0 Å².